The molecule has 0 bridgehead atoms. The molecule has 0 spiro atoms. The van der Waals surface area contributed by atoms with Gasteiger partial charge in [0.2, 0.25) is 0 Å². The van der Waals surface area contributed by atoms with Crippen molar-refractivity contribution >= 4 is 47.6 Å². The first-order chi connectivity index (χ1) is 17.1. The van der Waals surface area contributed by atoms with Gasteiger partial charge in [-0.1, -0.05) is 11.8 Å². The summed E-state index contributed by atoms with van der Waals surface area (Å²) in [6.45, 7) is 3.44. The molecule has 37 heavy (non-hydrogen) atoms. The molecule has 1 saturated heterocycles. The van der Waals surface area contributed by atoms with E-state index in [-0.39, 0.29) is 54.7 Å². The maximum Gasteiger partial charge on any atom is 0.251 e. The van der Waals surface area contributed by atoms with Gasteiger partial charge in [-0.25, -0.2) is 4.39 Å². The fourth-order valence-electron chi connectivity index (χ4n) is 5.14. The number of ether oxygens (including phenoxy) is 2. The Balaban J connectivity index is 0.00000160. The number of pyridine rings is 3. The molecule has 3 aromatic heterocycles. The highest BCUT2D eigenvalue weighted by molar-refractivity contribution is 7.99. The Labute approximate surface area is 229 Å². The van der Waals surface area contributed by atoms with Crippen molar-refractivity contribution in [1.82, 2.24) is 24.8 Å². The summed E-state index contributed by atoms with van der Waals surface area (Å²) in [5.41, 5.74) is 1.69. The van der Waals surface area contributed by atoms with Crippen LogP contribution in [0.4, 0.5) is 4.39 Å². The molecule has 6 heterocycles. The number of thioether (sulfide) groups is 1. The second kappa shape index (κ2) is 11.7. The molecular formula is C24H28Cl2FN5O4S. The maximum absolute atomic E-state index is 14.3. The molecule has 0 aromatic carbocycles. The lowest BCUT2D eigenvalue weighted by Gasteiger charge is -2.39. The SMILES string of the molecule is Cl.Cl.O=c1ccc2ncc(F)c3c2n1[C@H](CN1CCC(O)C(CNCc2cc4c(cn2)OCS4)C1)CO3. The Hall–Kier alpha value is -2.15. The third-order valence-corrected chi connectivity index (χ3v) is 7.78. The van der Waals surface area contributed by atoms with E-state index >= 15 is 0 Å². The molecule has 0 saturated carbocycles. The lowest BCUT2D eigenvalue weighted by atomic mass is 9.94. The van der Waals surface area contributed by atoms with Gasteiger partial charge in [-0.15, -0.1) is 24.8 Å². The maximum atomic E-state index is 14.3. The number of aromatic nitrogens is 3. The predicted octanol–water partition coefficient (Wildman–Crippen LogP) is 2.62. The quantitative estimate of drug-likeness (QED) is 0.462. The summed E-state index contributed by atoms with van der Waals surface area (Å²) in [6.07, 6.45) is 3.14. The van der Waals surface area contributed by atoms with E-state index in [1.165, 1.54) is 6.07 Å². The number of rotatable bonds is 6. The lowest BCUT2D eigenvalue weighted by Crippen LogP contribution is -2.49. The number of aliphatic hydroxyl groups excluding tert-OH is 1. The van der Waals surface area contributed by atoms with Crippen LogP contribution in [-0.4, -0.2) is 69.4 Å². The van der Waals surface area contributed by atoms with Crippen LogP contribution < -0.4 is 20.3 Å². The van der Waals surface area contributed by atoms with Gasteiger partial charge in [0.25, 0.3) is 5.56 Å². The van der Waals surface area contributed by atoms with E-state index < -0.39 is 11.9 Å². The molecular weight excluding hydrogens is 544 g/mol. The number of nitrogens with zero attached hydrogens (tertiary/aromatic N) is 4. The number of nitrogens with one attached hydrogen (secondary N) is 1. The van der Waals surface area contributed by atoms with Crippen molar-refractivity contribution < 1.29 is 19.0 Å². The molecule has 0 radical (unpaired) electrons. The van der Waals surface area contributed by atoms with Crippen LogP contribution in [0.2, 0.25) is 0 Å². The minimum absolute atomic E-state index is 0. The normalized spacial score (nSPS) is 22.4. The van der Waals surface area contributed by atoms with Crippen LogP contribution in [-0.2, 0) is 6.54 Å². The molecule has 2 unspecified atom stereocenters. The molecule has 3 aliphatic heterocycles. The third-order valence-electron chi connectivity index (χ3n) is 6.92. The second-order valence-corrected chi connectivity index (χ2v) is 10.2. The summed E-state index contributed by atoms with van der Waals surface area (Å²) in [4.78, 5) is 24.7. The minimum atomic E-state index is -0.563. The van der Waals surface area contributed by atoms with E-state index in [4.69, 9.17) is 9.47 Å². The number of piperidine rings is 1. The molecule has 9 nitrogen and oxygen atoms in total. The van der Waals surface area contributed by atoms with Crippen molar-refractivity contribution in [3.8, 4) is 11.5 Å². The number of aliphatic hydroxyl groups is 1. The van der Waals surface area contributed by atoms with Crippen LogP contribution in [0.15, 0.2) is 40.3 Å². The van der Waals surface area contributed by atoms with Crippen molar-refractivity contribution in [3.63, 3.8) is 0 Å². The van der Waals surface area contributed by atoms with Crippen molar-refractivity contribution in [2.45, 2.75) is 30.0 Å². The summed E-state index contributed by atoms with van der Waals surface area (Å²) in [7, 11) is 0. The Morgan fingerprint density at radius 2 is 2.08 bits per heavy atom. The second-order valence-electron chi connectivity index (χ2n) is 9.21. The molecule has 3 atom stereocenters. The summed E-state index contributed by atoms with van der Waals surface area (Å²) in [6, 6.07) is 4.85. The molecule has 6 rings (SSSR count). The highest BCUT2D eigenvalue weighted by Crippen LogP contribution is 2.36. The molecule has 3 aromatic rings. The minimum Gasteiger partial charge on any atom is -0.486 e. The number of halogens is 3. The zero-order valence-corrected chi connectivity index (χ0v) is 22.3. The highest BCUT2D eigenvalue weighted by atomic mass is 35.5. The van der Waals surface area contributed by atoms with Gasteiger partial charge in [0.1, 0.15) is 18.1 Å². The van der Waals surface area contributed by atoms with Gasteiger partial charge < -0.3 is 24.8 Å². The molecule has 3 aliphatic rings. The Morgan fingerprint density at radius 1 is 1.22 bits per heavy atom. The number of hydrogen-bond acceptors (Lipinski definition) is 9. The van der Waals surface area contributed by atoms with Gasteiger partial charge in [0.05, 0.1) is 40.6 Å². The number of fused-ring (bicyclic) bond motifs is 1. The van der Waals surface area contributed by atoms with Crippen LogP contribution in [0.1, 0.15) is 18.2 Å². The van der Waals surface area contributed by atoms with Gasteiger partial charge in [-0.3, -0.25) is 19.3 Å². The first kappa shape index (κ1) is 27.9. The van der Waals surface area contributed by atoms with Gasteiger partial charge in [-0.2, -0.15) is 0 Å². The Kier molecular flexibility index (Phi) is 8.82. The van der Waals surface area contributed by atoms with Crippen LogP contribution in [0.3, 0.4) is 0 Å². The van der Waals surface area contributed by atoms with Crippen molar-refractivity contribution in [3.05, 3.63) is 52.5 Å². The molecule has 1 fully saturated rings. The van der Waals surface area contributed by atoms with E-state index in [2.05, 4.69) is 20.2 Å². The zero-order chi connectivity index (χ0) is 23.9. The van der Waals surface area contributed by atoms with E-state index in [1.807, 2.05) is 6.07 Å². The van der Waals surface area contributed by atoms with Crippen LogP contribution in [0, 0.1) is 11.7 Å². The zero-order valence-electron chi connectivity index (χ0n) is 19.8. The molecule has 0 aliphatic carbocycles. The smallest absolute Gasteiger partial charge is 0.251 e. The van der Waals surface area contributed by atoms with Crippen LogP contribution >= 0.6 is 36.6 Å². The molecule has 2 N–H and O–H groups in total. The first-order valence-electron chi connectivity index (χ1n) is 11.7. The molecule has 0 amide bonds. The van der Waals surface area contributed by atoms with Crippen LogP contribution in [0.25, 0.3) is 11.0 Å². The summed E-state index contributed by atoms with van der Waals surface area (Å²) in [5.74, 6) is 1.03. The molecule has 13 heteroatoms. The van der Waals surface area contributed by atoms with E-state index in [0.29, 0.717) is 49.6 Å². The van der Waals surface area contributed by atoms with E-state index in [9.17, 15) is 14.3 Å². The standard InChI is InChI=1S/C24H26FN5O4S.2ClH/c25-17-8-28-18-1-2-22(32)30-16(12-33-24(17)23(18)30)11-29-4-3-19(31)14(10-29)6-26-7-15-5-21-20(9-27-15)34-13-35-21;;/h1-2,5,8-9,14,16,19,26,31H,3-4,6-7,10-13H2;2*1H/t14?,16-,19?;;/m1../s1. The third kappa shape index (κ3) is 5.52. The van der Waals surface area contributed by atoms with Crippen molar-refractivity contribution in [2.24, 2.45) is 5.92 Å². The van der Waals surface area contributed by atoms with Crippen LogP contribution in [0.5, 0.6) is 11.5 Å². The average Bonchev–Trinajstić information content (AvgIpc) is 3.33. The van der Waals surface area contributed by atoms with Gasteiger partial charge >= 0.3 is 0 Å². The first-order valence-corrected chi connectivity index (χ1v) is 12.7. The summed E-state index contributed by atoms with van der Waals surface area (Å²) in [5, 5.41) is 14.0. The molecule has 200 valence electrons. The van der Waals surface area contributed by atoms with E-state index in [0.717, 1.165) is 29.1 Å². The highest BCUT2D eigenvalue weighted by Gasteiger charge is 2.32. The number of hydrogen-bond donors (Lipinski definition) is 2. The topological polar surface area (TPSA) is 102 Å². The number of likely N-dealkylation sites (tertiary alicyclic amines) is 1. The van der Waals surface area contributed by atoms with Crippen molar-refractivity contribution in [1.29, 1.82) is 0 Å². The fraction of sp³-hybridized carbons (Fsp3) is 0.458. The summed E-state index contributed by atoms with van der Waals surface area (Å²) >= 11 is 1.66. The lowest BCUT2D eigenvalue weighted by molar-refractivity contribution is 0.0184. The van der Waals surface area contributed by atoms with Gasteiger partial charge in [-0.05, 0) is 18.6 Å². The Morgan fingerprint density at radius 3 is 2.95 bits per heavy atom. The van der Waals surface area contributed by atoms with Crippen molar-refractivity contribution in [2.75, 3.05) is 38.7 Å². The monoisotopic (exact) mass is 571 g/mol. The average molecular weight is 572 g/mol. The summed E-state index contributed by atoms with van der Waals surface area (Å²) < 4.78 is 27.1. The fourth-order valence-corrected chi connectivity index (χ4v) is 5.93. The van der Waals surface area contributed by atoms with Gasteiger partial charge in [0.15, 0.2) is 17.3 Å². The van der Waals surface area contributed by atoms with E-state index in [1.54, 1.807) is 28.6 Å². The Bertz CT molecular complexity index is 1330. The predicted molar refractivity (Wildman–Crippen MR) is 143 cm³/mol. The largest absolute Gasteiger partial charge is 0.486 e. The van der Waals surface area contributed by atoms with Gasteiger partial charge in [0, 0.05) is 44.7 Å².